The molecule has 2 aliphatic rings. The maximum absolute atomic E-state index is 13.0. The number of rotatable bonds is 8. The highest BCUT2D eigenvalue weighted by molar-refractivity contribution is 8.00. The van der Waals surface area contributed by atoms with Crippen molar-refractivity contribution in [2.45, 2.75) is 31.2 Å². The SMILES string of the molecule is O=C(O)C1=CC=CN(Cc2ccc3c(c2)OCC3)C1SCCCc1ccc(F)cc1. The van der Waals surface area contributed by atoms with Crippen molar-refractivity contribution in [2.75, 3.05) is 12.4 Å². The van der Waals surface area contributed by atoms with Gasteiger partial charge in [-0.05, 0) is 65.6 Å². The van der Waals surface area contributed by atoms with Gasteiger partial charge >= 0.3 is 5.97 Å². The number of nitrogens with zero attached hydrogens (tertiary/aromatic N) is 1. The van der Waals surface area contributed by atoms with E-state index in [0.29, 0.717) is 12.1 Å². The topological polar surface area (TPSA) is 49.8 Å². The predicted molar refractivity (Wildman–Crippen MR) is 117 cm³/mol. The molecule has 0 aliphatic carbocycles. The largest absolute Gasteiger partial charge is 0.493 e. The summed E-state index contributed by atoms with van der Waals surface area (Å²) in [5, 5.41) is 9.43. The zero-order chi connectivity index (χ0) is 20.9. The molecule has 0 bridgehead atoms. The third-order valence-electron chi connectivity index (χ3n) is 5.29. The molecule has 0 saturated carbocycles. The van der Waals surface area contributed by atoms with Crippen LogP contribution in [0.2, 0.25) is 0 Å². The Kier molecular flexibility index (Phi) is 6.43. The van der Waals surface area contributed by atoms with Crippen LogP contribution in [0.5, 0.6) is 5.75 Å². The molecule has 30 heavy (non-hydrogen) atoms. The lowest BCUT2D eigenvalue weighted by Gasteiger charge is -2.33. The minimum absolute atomic E-state index is 0.231. The first-order valence-corrected chi connectivity index (χ1v) is 11.1. The monoisotopic (exact) mass is 425 g/mol. The Hall–Kier alpha value is -2.73. The Morgan fingerprint density at radius 1 is 1.20 bits per heavy atom. The molecule has 1 N–H and O–H groups in total. The number of ether oxygens (including phenoxy) is 1. The zero-order valence-corrected chi connectivity index (χ0v) is 17.4. The molecule has 1 atom stereocenters. The summed E-state index contributed by atoms with van der Waals surface area (Å²) in [6.45, 7) is 1.34. The van der Waals surface area contributed by atoms with Gasteiger partial charge in [0.25, 0.3) is 0 Å². The molecule has 2 heterocycles. The molecule has 0 saturated heterocycles. The van der Waals surface area contributed by atoms with E-state index in [0.717, 1.165) is 48.5 Å². The van der Waals surface area contributed by atoms with Crippen LogP contribution in [0.3, 0.4) is 0 Å². The molecule has 4 nitrogen and oxygen atoms in total. The number of hydrogen-bond acceptors (Lipinski definition) is 4. The summed E-state index contributed by atoms with van der Waals surface area (Å²) in [7, 11) is 0. The summed E-state index contributed by atoms with van der Waals surface area (Å²) in [5.41, 5.74) is 3.81. The summed E-state index contributed by atoms with van der Waals surface area (Å²) < 4.78 is 18.7. The smallest absolute Gasteiger partial charge is 0.334 e. The van der Waals surface area contributed by atoms with E-state index in [1.54, 1.807) is 36.0 Å². The third kappa shape index (κ3) is 4.87. The van der Waals surface area contributed by atoms with Crippen LogP contribution < -0.4 is 4.74 Å². The molecule has 156 valence electrons. The van der Waals surface area contributed by atoms with E-state index in [1.807, 2.05) is 6.20 Å². The molecule has 0 spiro atoms. The lowest BCUT2D eigenvalue weighted by Crippen LogP contribution is -2.34. The molecule has 0 aromatic heterocycles. The van der Waals surface area contributed by atoms with Crippen molar-refractivity contribution < 1.29 is 19.0 Å². The van der Waals surface area contributed by atoms with E-state index < -0.39 is 5.97 Å². The van der Waals surface area contributed by atoms with Crippen molar-refractivity contribution in [1.29, 1.82) is 0 Å². The highest BCUT2D eigenvalue weighted by Crippen LogP contribution is 2.32. The molecule has 6 heteroatoms. The average Bonchev–Trinajstić information content (AvgIpc) is 3.21. The number of carbonyl (C=O) groups is 1. The van der Waals surface area contributed by atoms with E-state index in [-0.39, 0.29) is 11.2 Å². The van der Waals surface area contributed by atoms with Crippen LogP contribution in [-0.2, 0) is 24.2 Å². The first kappa shape index (κ1) is 20.5. The van der Waals surface area contributed by atoms with Gasteiger partial charge in [0.2, 0.25) is 0 Å². The van der Waals surface area contributed by atoms with E-state index in [2.05, 4.69) is 23.1 Å². The van der Waals surface area contributed by atoms with E-state index in [1.165, 1.54) is 17.7 Å². The first-order valence-electron chi connectivity index (χ1n) is 10.1. The van der Waals surface area contributed by atoms with Crippen molar-refractivity contribution in [1.82, 2.24) is 4.90 Å². The summed E-state index contributed by atoms with van der Waals surface area (Å²) in [5.74, 6) is 0.624. The van der Waals surface area contributed by atoms with E-state index in [9.17, 15) is 14.3 Å². The van der Waals surface area contributed by atoms with E-state index >= 15 is 0 Å². The maximum Gasteiger partial charge on any atom is 0.334 e. The van der Waals surface area contributed by atoms with Gasteiger partial charge < -0.3 is 14.7 Å². The Balaban J connectivity index is 1.40. The molecule has 2 aromatic rings. The number of benzene rings is 2. The maximum atomic E-state index is 13.0. The number of aryl methyl sites for hydroxylation is 1. The Morgan fingerprint density at radius 2 is 2.00 bits per heavy atom. The molecule has 0 amide bonds. The molecular formula is C24H24FNO3S. The van der Waals surface area contributed by atoms with Crippen molar-refractivity contribution in [3.05, 3.63) is 88.9 Å². The fraction of sp³-hybridized carbons (Fsp3) is 0.292. The molecule has 0 radical (unpaired) electrons. The van der Waals surface area contributed by atoms with Gasteiger partial charge in [-0.15, -0.1) is 11.8 Å². The van der Waals surface area contributed by atoms with Gasteiger partial charge in [0, 0.05) is 19.2 Å². The Labute approximate surface area is 180 Å². The van der Waals surface area contributed by atoms with Crippen LogP contribution >= 0.6 is 11.8 Å². The molecule has 1 unspecified atom stereocenters. The van der Waals surface area contributed by atoms with Gasteiger partial charge in [-0.3, -0.25) is 0 Å². The normalized spacial score (nSPS) is 17.4. The highest BCUT2D eigenvalue weighted by atomic mass is 32.2. The standard InChI is InChI=1S/C24H24FNO3S/c25-20-9-6-17(7-10-20)3-2-14-30-23-21(24(27)28)4-1-12-26(23)16-18-5-8-19-11-13-29-22(19)15-18/h1,4-10,12,15,23H,2-3,11,13-14,16H2,(H,27,28). The second-order valence-corrected chi connectivity index (χ2v) is 8.62. The predicted octanol–water partition coefficient (Wildman–Crippen LogP) is 4.79. The van der Waals surface area contributed by atoms with Crippen LogP contribution in [0.1, 0.15) is 23.1 Å². The highest BCUT2D eigenvalue weighted by Gasteiger charge is 2.27. The summed E-state index contributed by atoms with van der Waals surface area (Å²) in [6, 6.07) is 12.8. The number of halogens is 1. The second kappa shape index (κ2) is 9.39. The first-order chi connectivity index (χ1) is 14.6. The van der Waals surface area contributed by atoms with Crippen molar-refractivity contribution >= 4 is 17.7 Å². The average molecular weight is 426 g/mol. The number of aliphatic carboxylic acids is 1. The van der Waals surface area contributed by atoms with Gasteiger partial charge in [0.05, 0.1) is 12.2 Å². The number of allylic oxidation sites excluding steroid dienone is 2. The Bertz CT molecular complexity index is 971. The molecule has 2 aliphatic heterocycles. The third-order valence-corrected chi connectivity index (χ3v) is 6.66. The minimum atomic E-state index is -0.891. The van der Waals surface area contributed by atoms with Gasteiger partial charge in [-0.1, -0.05) is 24.3 Å². The van der Waals surface area contributed by atoms with E-state index in [4.69, 9.17) is 4.74 Å². The quantitative estimate of drug-likeness (QED) is 0.616. The molecular weight excluding hydrogens is 401 g/mol. The summed E-state index contributed by atoms with van der Waals surface area (Å²) in [4.78, 5) is 13.9. The van der Waals surface area contributed by atoms with Crippen molar-refractivity contribution in [3.8, 4) is 5.75 Å². The number of hydrogen-bond donors (Lipinski definition) is 1. The molecule has 4 rings (SSSR count). The number of carboxylic acid groups (broad SMARTS) is 1. The van der Waals surface area contributed by atoms with Crippen molar-refractivity contribution in [3.63, 3.8) is 0 Å². The minimum Gasteiger partial charge on any atom is -0.493 e. The van der Waals surface area contributed by atoms with Crippen LogP contribution in [0.15, 0.2) is 66.4 Å². The van der Waals surface area contributed by atoms with Gasteiger partial charge in [0.1, 0.15) is 16.9 Å². The molecule has 2 aromatic carbocycles. The molecule has 0 fully saturated rings. The fourth-order valence-corrected chi connectivity index (χ4v) is 4.97. The summed E-state index contributed by atoms with van der Waals surface area (Å²) >= 11 is 1.63. The number of carboxylic acids is 1. The van der Waals surface area contributed by atoms with Crippen molar-refractivity contribution in [2.24, 2.45) is 0 Å². The fourth-order valence-electron chi connectivity index (χ4n) is 3.74. The number of thioether (sulfide) groups is 1. The second-order valence-electron chi connectivity index (χ2n) is 7.43. The lowest BCUT2D eigenvalue weighted by molar-refractivity contribution is -0.133. The van der Waals surface area contributed by atoms with Gasteiger partial charge in [-0.25, -0.2) is 9.18 Å². The van der Waals surface area contributed by atoms with Crippen LogP contribution in [0.25, 0.3) is 0 Å². The summed E-state index contributed by atoms with van der Waals surface area (Å²) in [6.07, 6.45) is 8.11. The number of fused-ring (bicyclic) bond motifs is 1. The van der Waals surface area contributed by atoms with Crippen LogP contribution in [0, 0.1) is 5.82 Å². The zero-order valence-electron chi connectivity index (χ0n) is 16.6. The van der Waals surface area contributed by atoms with Crippen LogP contribution in [0.4, 0.5) is 4.39 Å². The van der Waals surface area contributed by atoms with Gasteiger partial charge in [-0.2, -0.15) is 0 Å². The lowest BCUT2D eigenvalue weighted by atomic mass is 10.1. The van der Waals surface area contributed by atoms with Gasteiger partial charge in [0.15, 0.2) is 0 Å². The Morgan fingerprint density at radius 3 is 2.80 bits per heavy atom. The van der Waals surface area contributed by atoms with Crippen LogP contribution in [-0.4, -0.2) is 33.7 Å².